The molecule has 0 unspecified atom stereocenters. The first kappa shape index (κ1) is 18.1. The lowest BCUT2D eigenvalue weighted by atomic mass is 10.1. The predicted molar refractivity (Wildman–Crippen MR) is 91.6 cm³/mol. The summed E-state index contributed by atoms with van der Waals surface area (Å²) < 4.78 is 39.1. The van der Waals surface area contributed by atoms with Crippen molar-refractivity contribution >= 4 is 22.2 Å². The van der Waals surface area contributed by atoms with E-state index in [1.165, 1.54) is 21.8 Å². The largest absolute Gasteiger partial charge is 0.416 e. The quantitative estimate of drug-likeness (QED) is 0.756. The molecule has 0 saturated carbocycles. The molecule has 0 aliphatic carbocycles. The molecule has 5 nitrogen and oxygen atoms in total. The smallest absolute Gasteiger partial charge is 0.352 e. The highest BCUT2D eigenvalue weighted by Crippen LogP contribution is 2.29. The summed E-state index contributed by atoms with van der Waals surface area (Å²) in [5.41, 5.74) is 0.510. The van der Waals surface area contributed by atoms with Gasteiger partial charge >= 0.3 is 6.18 Å². The molecule has 0 spiro atoms. The lowest BCUT2D eigenvalue weighted by Crippen LogP contribution is -2.27. The zero-order chi connectivity index (χ0) is 18.9. The van der Waals surface area contributed by atoms with E-state index >= 15 is 0 Å². The number of hydrogen-bond donors (Lipinski definition) is 1. The van der Waals surface area contributed by atoms with Crippen LogP contribution < -0.4 is 10.9 Å². The van der Waals surface area contributed by atoms with Crippen molar-refractivity contribution in [3.63, 3.8) is 0 Å². The summed E-state index contributed by atoms with van der Waals surface area (Å²) in [5.74, 6) is -0.473. The molecule has 0 aliphatic heterocycles. The minimum absolute atomic E-state index is 0.141. The van der Waals surface area contributed by atoms with Gasteiger partial charge in [-0.3, -0.25) is 14.0 Å². The molecule has 0 radical (unpaired) electrons. The molecular weight excluding hydrogens is 367 g/mol. The van der Waals surface area contributed by atoms with Gasteiger partial charge in [-0.2, -0.15) is 13.2 Å². The highest BCUT2D eigenvalue weighted by molar-refractivity contribution is 7.15. The number of nitrogens with one attached hydrogen (secondary N) is 1. The van der Waals surface area contributed by atoms with Crippen LogP contribution in [-0.2, 0) is 12.6 Å². The van der Waals surface area contributed by atoms with Crippen molar-refractivity contribution in [2.24, 2.45) is 0 Å². The lowest BCUT2D eigenvalue weighted by Gasteiger charge is -2.08. The summed E-state index contributed by atoms with van der Waals surface area (Å²) in [6.07, 6.45) is -4.04. The Labute approximate surface area is 150 Å². The maximum Gasteiger partial charge on any atom is 0.416 e. The second kappa shape index (κ2) is 6.91. The molecule has 1 amide bonds. The van der Waals surface area contributed by atoms with Crippen LogP contribution in [0.25, 0.3) is 4.96 Å². The van der Waals surface area contributed by atoms with E-state index < -0.39 is 17.6 Å². The Kier molecular flexibility index (Phi) is 4.82. The molecule has 0 fully saturated rings. The molecule has 1 aromatic carbocycles. The Morgan fingerprint density at radius 3 is 2.62 bits per heavy atom. The normalized spacial score (nSPS) is 11.7. The number of halogens is 3. The Morgan fingerprint density at radius 1 is 1.27 bits per heavy atom. The van der Waals surface area contributed by atoms with Crippen molar-refractivity contribution in [1.29, 1.82) is 0 Å². The topological polar surface area (TPSA) is 63.5 Å². The van der Waals surface area contributed by atoms with Gasteiger partial charge in [-0.25, -0.2) is 4.98 Å². The number of hydrogen-bond acceptors (Lipinski definition) is 4. The molecule has 136 valence electrons. The van der Waals surface area contributed by atoms with E-state index in [-0.39, 0.29) is 17.7 Å². The zero-order valence-corrected chi connectivity index (χ0v) is 14.4. The van der Waals surface area contributed by atoms with Crippen LogP contribution >= 0.6 is 11.3 Å². The summed E-state index contributed by atoms with van der Waals surface area (Å²) in [6.45, 7) is 1.98. The number of thiazole rings is 1. The number of amides is 1. The van der Waals surface area contributed by atoms with Crippen molar-refractivity contribution < 1.29 is 18.0 Å². The first-order chi connectivity index (χ1) is 12.3. The van der Waals surface area contributed by atoms with Gasteiger partial charge in [-0.15, -0.1) is 11.3 Å². The van der Waals surface area contributed by atoms with Crippen LogP contribution in [0.4, 0.5) is 13.2 Å². The fourth-order valence-corrected chi connectivity index (χ4v) is 3.45. The van der Waals surface area contributed by atoms with Gasteiger partial charge in [0.05, 0.1) is 5.56 Å². The average molecular weight is 381 g/mol. The molecule has 3 aromatic rings. The van der Waals surface area contributed by atoms with E-state index in [0.29, 0.717) is 17.1 Å². The number of rotatable bonds is 4. The predicted octanol–water partition coefficient (Wildman–Crippen LogP) is 3.06. The molecule has 26 heavy (non-hydrogen) atoms. The monoisotopic (exact) mass is 381 g/mol. The highest BCUT2D eigenvalue weighted by Gasteiger charge is 2.30. The Bertz CT molecular complexity index is 1010. The lowest BCUT2D eigenvalue weighted by molar-refractivity contribution is -0.137. The fourth-order valence-electron chi connectivity index (χ4n) is 2.48. The Morgan fingerprint density at radius 2 is 1.96 bits per heavy atom. The molecule has 2 aromatic heterocycles. The summed E-state index contributed by atoms with van der Waals surface area (Å²) in [5, 5.41) is 4.44. The third-order valence-electron chi connectivity index (χ3n) is 3.74. The van der Waals surface area contributed by atoms with Crippen molar-refractivity contribution in [2.75, 3.05) is 6.54 Å². The molecule has 9 heteroatoms. The number of carbonyl (C=O) groups excluding carboxylic acids is 1. The molecule has 0 bridgehead atoms. The fraction of sp³-hybridized carbons (Fsp3) is 0.235. The summed E-state index contributed by atoms with van der Waals surface area (Å²) in [6, 6.07) is 5.44. The Hall–Kier alpha value is -2.68. The first-order valence-electron chi connectivity index (χ1n) is 7.68. The number of aromatic nitrogens is 2. The summed E-state index contributed by atoms with van der Waals surface area (Å²) in [7, 11) is 0. The highest BCUT2D eigenvalue weighted by atomic mass is 32.1. The molecular formula is C17H14F3N3O2S. The van der Waals surface area contributed by atoms with E-state index in [2.05, 4.69) is 10.3 Å². The van der Waals surface area contributed by atoms with Gasteiger partial charge in [0.1, 0.15) is 0 Å². The van der Waals surface area contributed by atoms with Crippen molar-refractivity contribution in [3.05, 3.63) is 68.6 Å². The van der Waals surface area contributed by atoms with Crippen molar-refractivity contribution in [2.45, 2.75) is 19.5 Å². The van der Waals surface area contributed by atoms with Crippen LogP contribution in [0.1, 0.15) is 27.3 Å². The number of nitrogens with zero attached hydrogens (tertiary/aromatic N) is 2. The summed E-state index contributed by atoms with van der Waals surface area (Å²) >= 11 is 1.33. The van der Waals surface area contributed by atoms with Gasteiger partial charge in [0.15, 0.2) is 4.96 Å². The van der Waals surface area contributed by atoms with Crippen LogP contribution in [0, 0.1) is 6.92 Å². The van der Waals surface area contributed by atoms with Crippen LogP contribution in [-0.4, -0.2) is 21.8 Å². The van der Waals surface area contributed by atoms with E-state index in [0.717, 1.165) is 30.0 Å². The molecule has 2 heterocycles. The van der Waals surface area contributed by atoms with Crippen LogP contribution in [0.2, 0.25) is 0 Å². The number of alkyl halides is 3. The standard InChI is InChI=1S/C17H14F3N3O2S/c1-10-8-14(24)23-13(9-26-16(23)22-10)6-7-21-15(25)11-2-4-12(5-3-11)17(18,19)20/h2-5,8-9H,6-7H2,1H3,(H,21,25). The van der Waals surface area contributed by atoms with Gasteiger partial charge in [0, 0.05) is 41.4 Å². The number of fused-ring (bicyclic) bond motifs is 1. The van der Waals surface area contributed by atoms with E-state index in [1.54, 1.807) is 12.3 Å². The number of carbonyl (C=O) groups is 1. The van der Waals surface area contributed by atoms with Gasteiger partial charge in [-0.05, 0) is 31.2 Å². The van der Waals surface area contributed by atoms with Gasteiger partial charge < -0.3 is 5.32 Å². The van der Waals surface area contributed by atoms with Crippen molar-refractivity contribution in [3.8, 4) is 0 Å². The second-order valence-electron chi connectivity index (χ2n) is 5.66. The maximum atomic E-state index is 12.5. The molecule has 3 rings (SSSR count). The third kappa shape index (κ3) is 3.77. The van der Waals surface area contributed by atoms with Crippen molar-refractivity contribution in [1.82, 2.24) is 14.7 Å². The van der Waals surface area contributed by atoms with Crippen LogP contribution in [0.15, 0.2) is 40.5 Å². The minimum atomic E-state index is -4.44. The van der Waals surface area contributed by atoms with Crippen LogP contribution in [0.5, 0.6) is 0 Å². The molecule has 0 aliphatic rings. The van der Waals surface area contributed by atoms with Crippen LogP contribution in [0.3, 0.4) is 0 Å². The first-order valence-corrected chi connectivity index (χ1v) is 8.56. The minimum Gasteiger partial charge on any atom is -0.352 e. The maximum absolute atomic E-state index is 12.5. The molecule has 1 N–H and O–H groups in total. The number of benzene rings is 1. The summed E-state index contributed by atoms with van der Waals surface area (Å²) in [4.78, 5) is 29.0. The second-order valence-corrected chi connectivity index (χ2v) is 6.50. The third-order valence-corrected chi connectivity index (χ3v) is 4.62. The van der Waals surface area contributed by atoms with E-state index in [4.69, 9.17) is 0 Å². The SMILES string of the molecule is Cc1cc(=O)n2c(CCNC(=O)c3ccc(C(F)(F)F)cc3)csc2n1. The van der Waals surface area contributed by atoms with Gasteiger partial charge in [0.25, 0.3) is 11.5 Å². The average Bonchev–Trinajstić information content (AvgIpc) is 2.97. The van der Waals surface area contributed by atoms with Gasteiger partial charge in [0.2, 0.25) is 0 Å². The molecule has 0 saturated heterocycles. The van der Waals surface area contributed by atoms with E-state index in [1.807, 2.05) is 0 Å². The number of aryl methyl sites for hydroxylation is 1. The zero-order valence-electron chi connectivity index (χ0n) is 13.6. The Balaban J connectivity index is 1.65. The van der Waals surface area contributed by atoms with E-state index in [9.17, 15) is 22.8 Å². The van der Waals surface area contributed by atoms with Gasteiger partial charge in [-0.1, -0.05) is 0 Å². The molecule has 0 atom stereocenters.